The van der Waals surface area contributed by atoms with Crippen LogP contribution < -0.4 is 10.1 Å². The van der Waals surface area contributed by atoms with Gasteiger partial charge in [-0.1, -0.05) is 18.2 Å². The Morgan fingerprint density at radius 3 is 2.45 bits per heavy atom. The molecule has 0 spiro atoms. The molecule has 0 saturated carbocycles. The van der Waals surface area contributed by atoms with Gasteiger partial charge in [0, 0.05) is 19.6 Å². The van der Waals surface area contributed by atoms with Gasteiger partial charge in [-0.15, -0.1) is 12.4 Å². The number of hydrogen-bond donors (Lipinski definition) is 1. The van der Waals surface area contributed by atoms with Crippen LogP contribution in [0.25, 0.3) is 10.8 Å². The molecule has 2 aromatic carbocycles. The van der Waals surface area contributed by atoms with Crippen molar-refractivity contribution in [2.75, 3.05) is 33.3 Å². The largest absolute Gasteiger partial charge is 0.497 e. The molecule has 2 aliphatic heterocycles. The van der Waals surface area contributed by atoms with Crippen LogP contribution in [0.4, 0.5) is 0 Å². The number of halogens is 1. The highest BCUT2D eigenvalue weighted by Crippen LogP contribution is 2.28. The molecule has 3 nitrogen and oxygen atoms in total. The lowest BCUT2D eigenvalue weighted by atomic mass is 10.0. The van der Waals surface area contributed by atoms with Gasteiger partial charge in [0.15, 0.2) is 0 Å². The van der Waals surface area contributed by atoms with E-state index in [1.54, 1.807) is 7.11 Å². The predicted octanol–water partition coefficient (Wildman–Crippen LogP) is 2.92. The third kappa shape index (κ3) is 2.94. The molecule has 22 heavy (non-hydrogen) atoms. The van der Waals surface area contributed by atoms with Gasteiger partial charge in [-0.2, -0.15) is 0 Å². The minimum atomic E-state index is 0. The molecule has 2 heterocycles. The Bertz CT molecular complexity index is 649. The van der Waals surface area contributed by atoms with E-state index in [-0.39, 0.29) is 12.4 Å². The molecule has 4 rings (SSSR count). The van der Waals surface area contributed by atoms with Gasteiger partial charge in [0.1, 0.15) is 5.75 Å². The lowest BCUT2D eigenvalue weighted by molar-refractivity contribution is 0.306. The van der Waals surface area contributed by atoms with Gasteiger partial charge >= 0.3 is 0 Å². The summed E-state index contributed by atoms with van der Waals surface area (Å²) in [4.78, 5) is 2.61. The molecular weight excluding hydrogens is 296 g/mol. The number of ether oxygens (including phenoxy) is 1. The number of likely N-dealkylation sites (tertiary alicyclic amines) is 1. The first kappa shape index (κ1) is 15.6. The molecule has 0 bridgehead atoms. The maximum atomic E-state index is 5.29. The predicted molar refractivity (Wildman–Crippen MR) is 92.9 cm³/mol. The van der Waals surface area contributed by atoms with Crippen LogP contribution in [-0.2, 0) is 6.54 Å². The monoisotopic (exact) mass is 318 g/mol. The SMILES string of the molecule is COc1ccc2cc(CN3C[C@H]4CNC[C@H]4C3)ccc2c1.Cl. The van der Waals surface area contributed by atoms with Crippen molar-refractivity contribution >= 4 is 23.2 Å². The fourth-order valence-corrected chi connectivity index (χ4v) is 3.84. The summed E-state index contributed by atoms with van der Waals surface area (Å²) in [6.07, 6.45) is 0. The van der Waals surface area contributed by atoms with Crippen LogP contribution in [0.5, 0.6) is 5.75 Å². The lowest BCUT2D eigenvalue weighted by Gasteiger charge is -2.17. The molecule has 0 radical (unpaired) electrons. The van der Waals surface area contributed by atoms with Crippen molar-refractivity contribution in [2.24, 2.45) is 11.8 Å². The highest BCUT2D eigenvalue weighted by molar-refractivity contribution is 5.85. The van der Waals surface area contributed by atoms with Crippen molar-refractivity contribution in [3.05, 3.63) is 42.0 Å². The normalized spacial score (nSPS) is 24.2. The van der Waals surface area contributed by atoms with Crippen LogP contribution in [0, 0.1) is 11.8 Å². The molecule has 2 aromatic rings. The Kier molecular flexibility index (Phi) is 4.57. The average molecular weight is 319 g/mol. The van der Waals surface area contributed by atoms with E-state index in [4.69, 9.17) is 4.74 Å². The summed E-state index contributed by atoms with van der Waals surface area (Å²) >= 11 is 0. The minimum absolute atomic E-state index is 0. The molecule has 0 amide bonds. The summed E-state index contributed by atoms with van der Waals surface area (Å²) < 4.78 is 5.29. The molecule has 2 atom stereocenters. The van der Waals surface area contributed by atoms with Crippen LogP contribution in [0.15, 0.2) is 36.4 Å². The fourth-order valence-electron chi connectivity index (χ4n) is 3.84. The highest BCUT2D eigenvalue weighted by Gasteiger charge is 2.35. The second kappa shape index (κ2) is 6.45. The molecule has 0 aromatic heterocycles. The van der Waals surface area contributed by atoms with Crippen molar-refractivity contribution < 1.29 is 4.74 Å². The Balaban J connectivity index is 0.00000144. The second-order valence-electron chi connectivity index (χ2n) is 6.42. The van der Waals surface area contributed by atoms with Crippen LogP contribution >= 0.6 is 12.4 Å². The number of nitrogens with one attached hydrogen (secondary N) is 1. The van der Waals surface area contributed by atoms with Gasteiger partial charge in [0.2, 0.25) is 0 Å². The summed E-state index contributed by atoms with van der Waals surface area (Å²) in [5.41, 5.74) is 1.42. The van der Waals surface area contributed by atoms with E-state index in [0.717, 1.165) is 24.1 Å². The van der Waals surface area contributed by atoms with E-state index < -0.39 is 0 Å². The van der Waals surface area contributed by atoms with E-state index in [1.807, 2.05) is 6.07 Å². The summed E-state index contributed by atoms with van der Waals surface area (Å²) in [5, 5.41) is 6.06. The first-order valence-corrected chi connectivity index (χ1v) is 7.81. The fraction of sp³-hybridized carbons (Fsp3) is 0.444. The minimum Gasteiger partial charge on any atom is -0.497 e. The Hall–Kier alpha value is -1.29. The maximum absolute atomic E-state index is 5.29. The maximum Gasteiger partial charge on any atom is 0.119 e. The highest BCUT2D eigenvalue weighted by atomic mass is 35.5. The van der Waals surface area contributed by atoms with Gasteiger partial charge in [-0.05, 0) is 59.5 Å². The summed E-state index contributed by atoms with van der Waals surface area (Å²) in [6, 6.07) is 13.1. The Morgan fingerprint density at radius 2 is 1.73 bits per heavy atom. The average Bonchev–Trinajstić information content (AvgIpc) is 3.08. The standard InChI is InChI=1S/C18H22N2O.ClH/c1-21-18-5-4-14-6-13(2-3-15(14)7-18)10-20-11-16-8-19-9-17(16)12-20;/h2-7,16-17,19H,8-12H2,1H3;1H/t16-,17+;. The number of rotatable bonds is 3. The molecule has 118 valence electrons. The van der Waals surface area contributed by atoms with Gasteiger partial charge in [-0.25, -0.2) is 0 Å². The molecule has 4 heteroatoms. The van der Waals surface area contributed by atoms with E-state index >= 15 is 0 Å². The molecule has 2 fully saturated rings. The first-order chi connectivity index (χ1) is 10.3. The molecule has 2 aliphatic rings. The Labute approximate surface area is 138 Å². The van der Waals surface area contributed by atoms with Crippen LogP contribution in [0.2, 0.25) is 0 Å². The van der Waals surface area contributed by atoms with E-state index in [1.165, 1.54) is 42.5 Å². The van der Waals surface area contributed by atoms with Crippen LogP contribution in [0.1, 0.15) is 5.56 Å². The topological polar surface area (TPSA) is 24.5 Å². The lowest BCUT2D eigenvalue weighted by Crippen LogP contribution is -2.25. The molecule has 1 N–H and O–H groups in total. The number of fused-ring (bicyclic) bond motifs is 2. The van der Waals surface area contributed by atoms with E-state index in [9.17, 15) is 0 Å². The van der Waals surface area contributed by atoms with Crippen LogP contribution in [0.3, 0.4) is 0 Å². The summed E-state index contributed by atoms with van der Waals surface area (Å²) in [5.74, 6) is 2.67. The summed E-state index contributed by atoms with van der Waals surface area (Å²) in [7, 11) is 1.72. The second-order valence-corrected chi connectivity index (χ2v) is 6.42. The number of methoxy groups -OCH3 is 1. The van der Waals surface area contributed by atoms with Crippen molar-refractivity contribution in [1.29, 1.82) is 0 Å². The number of hydrogen-bond acceptors (Lipinski definition) is 3. The van der Waals surface area contributed by atoms with E-state index in [0.29, 0.717) is 0 Å². The zero-order chi connectivity index (χ0) is 14.2. The molecule has 0 unspecified atom stereocenters. The van der Waals surface area contributed by atoms with Crippen molar-refractivity contribution in [3.63, 3.8) is 0 Å². The van der Waals surface area contributed by atoms with Crippen molar-refractivity contribution in [1.82, 2.24) is 10.2 Å². The first-order valence-electron chi connectivity index (χ1n) is 7.81. The third-order valence-corrected chi connectivity index (χ3v) is 4.98. The number of nitrogens with zero attached hydrogens (tertiary/aromatic N) is 1. The van der Waals surface area contributed by atoms with Gasteiger partial charge < -0.3 is 10.1 Å². The third-order valence-electron chi connectivity index (χ3n) is 4.98. The van der Waals surface area contributed by atoms with Gasteiger partial charge in [0.05, 0.1) is 7.11 Å². The molecule has 2 saturated heterocycles. The van der Waals surface area contributed by atoms with E-state index in [2.05, 4.69) is 40.5 Å². The number of benzene rings is 2. The zero-order valence-corrected chi connectivity index (χ0v) is 13.7. The van der Waals surface area contributed by atoms with Crippen molar-refractivity contribution in [2.45, 2.75) is 6.54 Å². The van der Waals surface area contributed by atoms with Gasteiger partial charge in [0.25, 0.3) is 0 Å². The molecular formula is C18H23ClN2O. The molecule has 0 aliphatic carbocycles. The summed E-state index contributed by atoms with van der Waals surface area (Å²) in [6.45, 7) is 5.99. The van der Waals surface area contributed by atoms with Crippen molar-refractivity contribution in [3.8, 4) is 5.75 Å². The zero-order valence-electron chi connectivity index (χ0n) is 12.9. The smallest absolute Gasteiger partial charge is 0.119 e. The quantitative estimate of drug-likeness (QED) is 0.941. The Morgan fingerprint density at radius 1 is 1.05 bits per heavy atom. The van der Waals surface area contributed by atoms with Crippen LogP contribution in [-0.4, -0.2) is 38.2 Å². The van der Waals surface area contributed by atoms with Gasteiger partial charge in [-0.3, -0.25) is 4.90 Å².